The molecule has 1 heterocycles. The molecule has 5 heteroatoms. The van der Waals surface area contributed by atoms with Crippen molar-refractivity contribution >= 4 is 11.9 Å². The fourth-order valence-corrected chi connectivity index (χ4v) is 8.00. The van der Waals surface area contributed by atoms with Gasteiger partial charge < -0.3 is 14.2 Å². The Morgan fingerprint density at radius 1 is 1.00 bits per heavy atom. The van der Waals surface area contributed by atoms with Crippen LogP contribution in [0.5, 0.6) is 0 Å². The number of carbonyl (C=O) groups is 2. The lowest BCUT2D eigenvalue weighted by atomic mass is 9.46. The minimum atomic E-state index is -0.800. The predicted molar refractivity (Wildman–Crippen MR) is 136 cm³/mol. The van der Waals surface area contributed by atoms with Gasteiger partial charge in [-0.2, -0.15) is 0 Å². The van der Waals surface area contributed by atoms with Gasteiger partial charge in [0, 0.05) is 18.8 Å². The second-order valence-corrected chi connectivity index (χ2v) is 13.8. The zero-order valence-electron chi connectivity index (χ0n) is 23.3. The van der Waals surface area contributed by atoms with Crippen LogP contribution in [0.2, 0.25) is 0 Å². The van der Waals surface area contributed by atoms with E-state index in [0.29, 0.717) is 13.0 Å². The Kier molecular flexibility index (Phi) is 7.69. The van der Waals surface area contributed by atoms with Gasteiger partial charge in [0.05, 0.1) is 17.9 Å². The minimum Gasteiger partial charge on any atom is -0.459 e. The first-order chi connectivity index (χ1) is 16.4. The number of ether oxygens (including phenoxy) is 3. The van der Waals surface area contributed by atoms with Gasteiger partial charge in [0.25, 0.3) is 0 Å². The fraction of sp³-hybridized carbons (Fsp3) is 0.933. The Hall–Kier alpha value is -1.10. The molecule has 0 aromatic heterocycles. The van der Waals surface area contributed by atoms with Gasteiger partial charge in [-0.15, -0.1) is 0 Å². The van der Waals surface area contributed by atoms with E-state index >= 15 is 0 Å². The van der Waals surface area contributed by atoms with Crippen molar-refractivity contribution in [1.29, 1.82) is 0 Å². The summed E-state index contributed by atoms with van der Waals surface area (Å²) < 4.78 is 17.9. The highest BCUT2D eigenvalue weighted by Crippen LogP contribution is 2.64. The summed E-state index contributed by atoms with van der Waals surface area (Å²) in [4.78, 5) is 26.3. The summed E-state index contributed by atoms with van der Waals surface area (Å²) in [6.45, 7) is 12.8. The van der Waals surface area contributed by atoms with Gasteiger partial charge in [-0.05, 0) is 116 Å². The maximum atomic E-state index is 13.3. The zero-order chi connectivity index (χ0) is 25.5. The van der Waals surface area contributed by atoms with Crippen LogP contribution < -0.4 is 0 Å². The molecule has 0 spiro atoms. The topological polar surface area (TPSA) is 61.8 Å². The first kappa shape index (κ1) is 26.9. The van der Waals surface area contributed by atoms with Gasteiger partial charge in [0.1, 0.15) is 5.60 Å². The average molecular weight is 491 g/mol. The predicted octanol–water partition coefficient (Wildman–Crippen LogP) is 7.21. The molecule has 5 aliphatic rings. The summed E-state index contributed by atoms with van der Waals surface area (Å²) in [5.41, 5.74) is -0.852. The van der Waals surface area contributed by atoms with Crippen LogP contribution in [0.15, 0.2) is 0 Å². The molecule has 5 fully saturated rings. The molecule has 2 unspecified atom stereocenters. The number of carbonyl (C=O) groups excluding carboxylic acids is 2. The van der Waals surface area contributed by atoms with E-state index in [0.717, 1.165) is 56.3 Å². The third-order valence-corrected chi connectivity index (χ3v) is 10.1. The van der Waals surface area contributed by atoms with Crippen LogP contribution in [0.1, 0.15) is 125 Å². The van der Waals surface area contributed by atoms with E-state index in [1.54, 1.807) is 0 Å². The second-order valence-electron chi connectivity index (χ2n) is 13.8. The van der Waals surface area contributed by atoms with Crippen LogP contribution in [-0.2, 0) is 23.8 Å². The molecule has 4 bridgehead atoms. The smallest absolute Gasteiger partial charge is 0.313 e. The zero-order valence-corrected chi connectivity index (χ0v) is 23.3. The largest absolute Gasteiger partial charge is 0.459 e. The summed E-state index contributed by atoms with van der Waals surface area (Å²) in [5.74, 6) is 1.34. The molecule has 2 atom stereocenters. The van der Waals surface area contributed by atoms with Crippen LogP contribution in [0.4, 0.5) is 0 Å². The van der Waals surface area contributed by atoms with Crippen molar-refractivity contribution < 1.29 is 23.8 Å². The average Bonchev–Trinajstić information content (AvgIpc) is 2.75. The Balaban J connectivity index is 1.28. The summed E-state index contributed by atoms with van der Waals surface area (Å²) in [7, 11) is 0. The van der Waals surface area contributed by atoms with E-state index in [4.69, 9.17) is 14.2 Å². The summed E-state index contributed by atoms with van der Waals surface area (Å²) in [6.07, 6.45) is 13.7. The molecule has 5 rings (SSSR count). The van der Waals surface area contributed by atoms with Gasteiger partial charge in [-0.3, -0.25) is 9.59 Å². The molecule has 0 N–H and O–H groups in total. The van der Waals surface area contributed by atoms with Crippen molar-refractivity contribution in [3.8, 4) is 0 Å². The lowest BCUT2D eigenvalue weighted by Gasteiger charge is -2.61. The van der Waals surface area contributed by atoms with Crippen LogP contribution in [0.25, 0.3) is 0 Å². The van der Waals surface area contributed by atoms with Crippen molar-refractivity contribution in [3.05, 3.63) is 0 Å². The van der Waals surface area contributed by atoms with E-state index < -0.39 is 16.8 Å². The Bertz CT molecular complexity index is 740. The van der Waals surface area contributed by atoms with Crippen molar-refractivity contribution in [2.45, 2.75) is 136 Å². The Labute approximate surface area is 213 Å². The maximum Gasteiger partial charge on any atom is 0.313 e. The first-order valence-corrected chi connectivity index (χ1v) is 14.5. The molecule has 0 amide bonds. The molecule has 1 aliphatic heterocycles. The highest BCUT2D eigenvalue weighted by Gasteiger charge is 2.58. The molecule has 0 aromatic rings. The van der Waals surface area contributed by atoms with E-state index in [1.165, 1.54) is 38.5 Å². The molecule has 4 saturated carbocycles. The number of esters is 2. The quantitative estimate of drug-likeness (QED) is 0.303. The molecule has 200 valence electrons. The molecular formula is C30H50O5. The number of hydrogen-bond acceptors (Lipinski definition) is 5. The third-order valence-electron chi connectivity index (χ3n) is 10.1. The molecule has 4 aliphatic carbocycles. The van der Waals surface area contributed by atoms with Crippen molar-refractivity contribution in [2.24, 2.45) is 34.5 Å². The number of hydrogen-bond donors (Lipinski definition) is 0. The summed E-state index contributed by atoms with van der Waals surface area (Å²) in [6, 6.07) is 0. The lowest BCUT2D eigenvalue weighted by Crippen LogP contribution is -2.57. The van der Waals surface area contributed by atoms with Crippen LogP contribution in [0, 0.1) is 34.5 Å². The number of rotatable bonds is 10. The SMILES string of the molecule is CCC(CCCC(C)(C)C(=O)OC1(C)CCCCO1)C(=O)OC(C)(C)C12CC3CC(CC(C3)C1)C2. The summed E-state index contributed by atoms with van der Waals surface area (Å²) in [5, 5.41) is 0. The molecule has 0 radical (unpaired) electrons. The molecule has 35 heavy (non-hydrogen) atoms. The maximum absolute atomic E-state index is 13.3. The Morgan fingerprint density at radius 3 is 2.11 bits per heavy atom. The van der Waals surface area contributed by atoms with Crippen LogP contribution in [-0.4, -0.2) is 29.9 Å². The summed E-state index contributed by atoms with van der Waals surface area (Å²) >= 11 is 0. The molecule has 5 nitrogen and oxygen atoms in total. The lowest BCUT2D eigenvalue weighted by molar-refractivity contribution is -0.244. The highest BCUT2D eigenvalue weighted by atomic mass is 16.7. The van der Waals surface area contributed by atoms with Crippen molar-refractivity contribution in [1.82, 2.24) is 0 Å². The van der Waals surface area contributed by atoms with Gasteiger partial charge in [0.2, 0.25) is 5.79 Å². The molecular weight excluding hydrogens is 440 g/mol. The first-order valence-electron chi connectivity index (χ1n) is 14.5. The van der Waals surface area contributed by atoms with E-state index in [1.807, 2.05) is 20.8 Å². The fourth-order valence-electron chi connectivity index (χ4n) is 8.00. The van der Waals surface area contributed by atoms with Gasteiger partial charge >= 0.3 is 11.9 Å². The van der Waals surface area contributed by atoms with Gasteiger partial charge in [0.15, 0.2) is 0 Å². The standard InChI is InChI=1S/C30H50O5/c1-7-24(11-10-12-27(2,3)26(32)35-29(6)13-8-9-14-33-29)25(31)34-28(4,5)30-18-21-15-22(19-30)17-23(16-21)20-30/h21-24H,7-20H2,1-6H3. The highest BCUT2D eigenvalue weighted by molar-refractivity contribution is 5.76. The van der Waals surface area contributed by atoms with Crippen LogP contribution in [0.3, 0.4) is 0 Å². The van der Waals surface area contributed by atoms with Crippen molar-refractivity contribution in [2.75, 3.05) is 6.61 Å². The monoisotopic (exact) mass is 490 g/mol. The Morgan fingerprint density at radius 2 is 1.60 bits per heavy atom. The second kappa shape index (κ2) is 9.99. The third kappa shape index (κ3) is 5.75. The normalized spacial score (nSPS) is 35.5. The van der Waals surface area contributed by atoms with Crippen molar-refractivity contribution in [3.63, 3.8) is 0 Å². The molecule has 1 saturated heterocycles. The van der Waals surface area contributed by atoms with E-state index in [2.05, 4.69) is 20.8 Å². The van der Waals surface area contributed by atoms with E-state index in [-0.39, 0.29) is 23.3 Å². The van der Waals surface area contributed by atoms with Crippen LogP contribution >= 0.6 is 0 Å². The van der Waals surface area contributed by atoms with Gasteiger partial charge in [-0.1, -0.05) is 13.3 Å². The molecule has 0 aromatic carbocycles. The minimum absolute atomic E-state index is 0.0447. The van der Waals surface area contributed by atoms with E-state index in [9.17, 15) is 9.59 Å². The van der Waals surface area contributed by atoms with Gasteiger partial charge in [-0.25, -0.2) is 0 Å².